The molecule has 3 aromatic rings. The van der Waals surface area contributed by atoms with Gasteiger partial charge in [-0.15, -0.1) is 0 Å². The highest BCUT2D eigenvalue weighted by molar-refractivity contribution is 7.90. The van der Waals surface area contributed by atoms with Crippen LogP contribution in [-0.2, 0) is 31.4 Å². The third kappa shape index (κ3) is 6.72. The van der Waals surface area contributed by atoms with Gasteiger partial charge in [0.25, 0.3) is 0 Å². The number of piperidine rings is 1. The number of hydrogen-bond acceptors (Lipinski definition) is 7. The molecule has 3 heterocycles. The summed E-state index contributed by atoms with van der Waals surface area (Å²) in [6, 6.07) is 14.0. The number of halogens is 3. The molecule has 2 aromatic heterocycles. The zero-order chi connectivity index (χ0) is 28.0. The summed E-state index contributed by atoms with van der Waals surface area (Å²) in [5.74, 6) is 0.268. The van der Waals surface area contributed by atoms with Crippen molar-refractivity contribution in [1.29, 1.82) is 0 Å². The number of hydrogen-bond donors (Lipinski definition) is 0. The molecule has 0 radical (unpaired) electrons. The van der Waals surface area contributed by atoms with Crippen molar-refractivity contribution in [2.75, 3.05) is 18.0 Å². The predicted molar refractivity (Wildman–Crippen MR) is 137 cm³/mol. The van der Waals surface area contributed by atoms with Crippen LogP contribution in [0.1, 0.15) is 61.3 Å². The minimum Gasteiger partial charge on any atom is -0.357 e. The van der Waals surface area contributed by atoms with E-state index in [4.69, 9.17) is 9.59 Å². The van der Waals surface area contributed by atoms with Crippen LogP contribution < -0.4 is 4.90 Å². The first kappa shape index (κ1) is 28.4. The Morgan fingerprint density at radius 3 is 2.21 bits per heavy atom. The predicted octanol–water partition coefficient (Wildman–Crippen LogP) is 5.81. The Balaban J connectivity index is 0.00000112. The van der Waals surface area contributed by atoms with Crippen molar-refractivity contribution >= 4 is 21.8 Å². The topological polar surface area (TPSA) is 97.3 Å². The summed E-state index contributed by atoms with van der Waals surface area (Å²) < 4.78 is 68.3. The highest BCUT2D eigenvalue weighted by Crippen LogP contribution is 2.44. The van der Waals surface area contributed by atoms with Gasteiger partial charge in [0.2, 0.25) is 9.84 Å². The smallest absolute Gasteiger partial charge is 0.357 e. The normalized spacial score (nSPS) is 16.0. The first-order valence-electron chi connectivity index (χ1n) is 12.7. The Bertz CT molecular complexity index is 1440. The summed E-state index contributed by atoms with van der Waals surface area (Å²) in [5, 5.41) is -0.0938. The second-order valence-corrected chi connectivity index (χ2v) is 11.6. The fourth-order valence-corrected chi connectivity index (χ4v) is 6.16. The van der Waals surface area contributed by atoms with Gasteiger partial charge in [-0.25, -0.2) is 13.4 Å². The minimum atomic E-state index is -4.61. The molecule has 0 bridgehead atoms. The van der Waals surface area contributed by atoms with Crippen LogP contribution in [0.25, 0.3) is 11.3 Å². The van der Waals surface area contributed by atoms with E-state index in [1.807, 2.05) is 12.1 Å². The third-order valence-corrected chi connectivity index (χ3v) is 8.61. The molecule has 206 valence electrons. The first-order valence-corrected chi connectivity index (χ1v) is 14.4. The highest BCUT2D eigenvalue weighted by Gasteiger charge is 2.36. The average molecular weight is 560 g/mol. The van der Waals surface area contributed by atoms with Crippen molar-refractivity contribution in [2.45, 2.75) is 61.4 Å². The fourth-order valence-electron chi connectivity index (χ4n) is 4.95. The van der Waals surface area contributed by atoms with Gasteiger partial charge in [-0.1, -0.05) is 36.8 Å². The molecule has 1 saturated heterocycles. The maximum Gasteiger partial charge on any atom is 0.418 e. The van der Waals surface area contributed by atoms with Crippen molar-refractivity contribution in [2.24, 2.45) is 0 Å². The number of anilines is 1. The number of benzene rings is 1. The van der Waals surface area contributed by atoms with Crippen LogP contribution in [0.5, 0.6) is 0 Å². The van der Waals surface area contributed by atoms with E-state index in [9.17, 15) is 21.6 Å². The van der Waals surface area contributed by atoms with Gasteiger partial charge in [0.05, 0.1) is 22.7 Å². The van der Waals surface area contributed by atoms with Gasteiger partial charge in [-0.3, -0.25) is 4.98 Å². The molecule has 0 spiro atoms. The number of carbonyl (C=O) groups excluding carboxylic acids is 2. The summed E-state index contributed by atoms with van der Waals surface area (Å²) in [4.78, 5) is 27.0. The van der Waals surface area contributed by atoms with Crippen molar-refractivity contribution in [3.63, 3.8) is 0 Å². The molecular formula is C28H28F3N3O4S. The lowest BCUT2D eigenvalue weighted by Gasteiger charge is -2.28. The zero-order valence-electron chi connectivity index (χ0n) is 21.2. The average Bonchev–Trinajstić information content (AvgIpc) is 2.88. The van der Waals surface area contributed by atoms with Gasteiger partial charge in [0.1, 0.15) is 5.82 Å². The maximum absolute atomic E-state index is 13.9. The summed E-state index contributed by atoms with van der Waals surface area (Å²) in [7, 11) is -3.92. The molecule has 11 heteroatoms. The van der Waals surface area contributed by atoms with Gasteiger partial charge >= 0.3 is 12.3 Å². The molecular weight excluding hydrogens is 531 g/mol. The van der Waals surface area contributed by atoms with E-state index in [0.717, 1.165) is 69.3 Å². The quantitative estimate of drug-likeness (QED) is 0.376. The molecule has 0 N–H and O–H groups in total. The van der Waals surface area contributed by atoms with E-state index in [1.165, 1.54) is 6.07 Å². The monoisotopic (exact) mass is 559 g/mol. The molecule has 39 heavy (non-hydrogen) atoms. The summed E-state index contributed by atoms with van der Waals surface area (Å²) in [5.41, 5.74) is 0.233. The van der Waals surface area contributed by atoms with Gasteiger partial charge < -0.3 is 4.90 Å². The van der Waals surface area contributed by atoms with Gasteiger partial charge in [0, 0.05) is 18.7 Å². The molecule has 0 unspecified atom stereocenters. The molecule has 1 aromatic carbocycles. The Morgan fingerprint density at radius 2 is 1.56 bits per heavy atom. The number of nitrogens with zero attached hydrogens (tertiary/aromatic N) is 3. The van der Waals surface area contributed by atoms with E-state index in [0.29, 0.717) is 11.4 Å². The molecule has 5 rings (SSSR count). The van der Waals surface area contributed by atoms with Crippen LogP contribution >= 0.6 is 0 Å². The van der Waals surface area contributed by atoms with Crippen LogP contribution in [0.4, 0.5) is 19.0 Å². The largest absolute Gasteiger partial charge is 0.418 e. The van der Waals surface area contributed by atoms with E-state index >= 15 is 0 Å². The number of aromatic nitrogens is 2. The number of alkyl halides is 3. The molecule has 1 aliphatic carbocycles. The van der Waals surface area contributed by atoms with Crippen LogP contribution in [0.3, 0.4) is 0 Å². The molecule has 0 amide bonds. The van der Waals surface area contributed by atoms with E-state index in [2.05, 4.69) is 14.9 Å². The van der Waals surface area contributed by atoms with Crippen LogP contribution in [0.15, 0.2) is 59.6 Å². The van der Waals surface area contributed by atoms with E-state index in [-0.39, 0.29) is 28.5 Å². The second kappa shape index (κ2) is 12.1. The van der Waals surface area contributed by atoms with Crippen LogP contribution in [0.2, 0.25) is 0 Å². The first-order chi connectivity index (χ1) is 18.6. The zero-order valence-corrected chi connectivity index (χ0v) is 22.0. The molecule has 1 aliphatic heterocycles. The molecule has 7 nitrogen and oxygen atoms in total. The fraction of sp³-hybridized carbons (Fsp3) is 0.393. The summed E-state index contributed by atoms with van der Waals surface area (Å²) in [6.45, 7) is 1.64. The number of rotatable bonds is 6. The minimum absolute atomic E-state index is 0.0617. The number of sulfone groups is 1. The maximum atomic E-state index is 13.9. The lowest BCUT2D eigenvalue weighted by Crippen LogP contribution is -2.30. The highest BCUT2D eigenvalue weighted by atomic mass is 32.2. The second-order valence-electron chi connectivity index (χ2n) is 9.64. The van der Waals surface area contributed by atoms with E-state index in [1.54, 1.807) is 24.3 Å². The van der Waals surface area contributed by atoms with Crippen molar-refractivity contribution in [1.82, 2.24) is 9.97 Å². The number of pyridine rings is 2. The van der Waals surface area contributed by atoms with E-state index < -0.39 is 27.3 Å². The Kier molecular flexibility index (Phi) is 8.82. The summed E-state index contributed by atoms with van der Waals surface area (Å²) in [6.07, 6.45) is 1.72. The Morgan fingerprint density at radius 1 is 0.872 bits per heavy atom. The van der Waals surface area contributed by atoms with Crippen LogP contribution in [0, 0.1) is 0 Å². The van der Waals surface area contributed by atoms with Crippen LogP contribution in [-0.4, -0.2) is 37.6 Å². The standard InChI is InChI=1S/C27H28F3N3O2S.CO2/c28-27(29,30)23-15-14-20(31-26(23)22-11-3-2-10-21(22)19-8-6-9-19)18-36(34,35)25-13-7-12-24(32-25)33-16-4-1-5-17-33;2-1-3/h2-3,7,10-15,19H,1,4-6,8-9,16-18H2;. The van der Waals surface area contributed by atoms with Gasteiger partial charge in [0.15, 0.2) is 5.03 Å². The third-order valence-electron chi connectivity index (χ3n) is 7.06. The van der Waals surface area contributed by atoms with Crippen molar-refractivity contribution < 1.29 is 31.2 Å². The van der Waals surface area contributed by atoms with Gasteiger partial charge in [-0.2, -0.15) is 22.8 Å². The lowest BCUT2D eigenvalue weighted by molar-refractivity contribution is -0.191. The SMILES string of the molecule is O=C=O.O=S(=O)(Cc1ccc(C(F)(F)F)c(-c2ccccc2C2CCC2)n1)c1cccc(N2CCCCC2)n1. The molecule has 2 fully saturated rings. The Hall–Kier alpha value is -3.56. The summed E-state index contributed by atoms with van der Waals surface area (Å²) >= 11 is 0. The lowest BCUT2D eigenvalue weighted by atomic mass is 9.77. The molecule has 1 saturated carbocycles. The van der Waals surface area contributed by atoms with Gasteiger partial charge in [-0.05, 0) is 67.9 Å². The van der Waals surface area contributed by atoms with Crippen molar-refractivity contribution in [3.8, 4) is 11.3 Å². The Labute approximate surface area is 225 Å². The molecule has 2 aliphatic rings. The molecule has 0 atom stereocenters. The van der Waals surface area contributed by atoms with Crippen molar-refractivity contribution in [3.05, 3.63) is 71.4 Å².